The molecule has 1 aromatic rings. The number of nitrogens with zero attached hydrogens (tertiary/aromatic N) is 1. The molecule has 0 amide bonds. The lowest BCUT2D eigenvalue weighted by atomic mass is 10.1. The Bertz CT molecular complexity index is 508. The Morgan fingerprint density at radius 2 is 2.00 bits per heavy atom. The summed E-state index contributed by atoms with van der Waals surface area (Å²) in [6, 6.07) is 5.25. The number of benzene rings is 1. The first kappa shape index (κ1) is 17.6. The van der Waals surface area contributed by atoms with Gasteiger partial charge in [0.05, 0.1) is 12.2 Å². The smallest absolute Gasteiger partial charge is 0.381 e. The fourth-order valence-electron chi connectivity index (χ4n) is 2.39. The van der Waals surface area contributed by atoms with Crippen LogP contribution >= 0.6 is 0 Å². The number of hydrogen-bond donors (Lipinski definition) is 2. The van der Waals surface area contributed by atoms with Gasteiger partial charge in [-0.1, -0.05) is 12.1 Å². The molecule has 0 spiro atoms. The molecule has 1 atom stereocenters. The number of aliphatic imine (C=N–C) groups is 1. The molecule has 0 aromatic heterocycles. The normalized spacial score (nSPS) is 19.0. The third-order valence-corrected chi connectivity index (χ3v) is 3.79. The van der Waals surface area contributed by atoms with E-state index in [0.717, 1.165) is 43.9 Å². The van der Waals surface area contributed by atoms with E-state index in [2.05, 4.69) is 15.6 Å². The van der Waals surface area contributed by atoms with Gasteiger partial charge in [0.25, 0.3) is 0 Å². The molecule has 1 heterocycles. The second-order valence-corrected chi connectivity index (χ2v) is 5.55. The molecule has 1 aromatic carbocycles. The van der Waals surface area contributed by atoms with Gasteiger partial charge in [-0.2, -0.15) is 13.2 Å². The molecule has 7 heteroatoms. The van der Waals surface area contributed by atoms with Gasteiger partial charge in [0.15, 0.2) is 5.96 Å². The number of rotatable bonds is 5. The second-order valence-electron chi connectivity index (χ2n) is 5.55. The van der Waals surface area contributed by atoms with Crippen molar-refractivity contribution in [2.24, 2.45) is 10.9 Å². The van der Waals surface area contributed by atoms with Crippen LogP contribution in [0.1, 0.15) is 17.5 Å². The molecule has 2 rings (SSSR count). The van der Waals surface area contributed by atoms with E-state index in [1.54, 1.807) is 7.05 Å². The second kappa shape index (κ2) is 8.19. The maximum Gasteiger partial charge on any atom is 0.416 e. The Hall–Kier alpha value is -1.76. The molecule has 1 saturated heterocycles. The minimum absolute atomic E-state index is 0.503. The highest BCUT2D eigenvalue weighted by Gasteiger charge is 2.29. The summed E-state index contributed by atoms with van der Waals surface area (Å²) in [5, 5.41) is 6.40. The van der Waals surface area contributed by atoms with Crippen molar-refractivity contribution in [1.82, 2.24) is 10.6 Å². The lowest BCUT2D eigenvalue weighted by Gasteiger charge is -2.14. The fraction of sp³-hybridized carbons (Fsp3) is 0.562. The average Bonchev–Trinajstić information content (AvgIpc) is 3.03. The van der Waals surface area contributed by atoms with Gasteiger partial charge in [0.2, 0.25) is 0 Å². The monoisotopic (exact) mass is 329 g/mol. The molecule has 1 aliphatic heterocycles. The van der Waals surface area contributed by atoms with E-state index in [4.69, 9.17) is 4.74 Å². The Morgan fingerprint density at radius 3 is 2.57 bits per heavy atom. The van der Waals surface area contributed by atoms with Crippen LogP contribution in [0.3, 0.4) is 0 Å². The fourth-order valence-corrected chi connectivity index (χ4v) is 2.39. The third-order valence-electron chi connectivity index (χ3n) is 3.79. The molecule has 0 radical (unpaired) electrons. The first-order valence-corrected chi connectivity index (χ1v) is 7.67. The van der Waals surface area contributed by atoms with Gasteiger partial charge >= 0.3 is 6.18 Å². The van der Waals surface area contributed by atoms with Gasteiger partial charge in [0.1, 0.15) is 0 Å². The minimum Gasteiger partial charge on any atom is -0.381 e. The predicted octanol–water partition coefficient (Wildman–Crippen LogP) is 2.45. The SMILES string of the molecule is CN=C(NCCc1ccc(C(F)(F)F)cc1)NCC1CCOC1. The summed E-state index contributed by atoms with van der Waals surface area (Å²) in [6.45, 7) is 2.99. The van der Waals surface area contributed by atoms with Crippen molar-refractivity contribution < 1.29 is 17.9 Å². The maximum atomic E-state index is 12.5. The van der Waals surface area contributed by atoms with Gasteiger partial charge in [-0.15, -0.1) is 0 Å². The van der Waals surface area contributed by atoms with Gasteiger partial charge in [-0.25, -0.2) is 0 Å². The molecule has 2 N–H and O–H groups in total. The zero-order valence-electron chi connectivity index (χ0n) is 13.1. The van der Waals surface area contributed by atoms with Crippen LogP contribution in [0.4, 0.5) is 13.2 Å². The number of guanidine groups is 1. The van der Waals surface area contributed by atoms with E-state index in [-0.39, 0.29) is 0 Å². The standard InChI is InChI=1S/C16H22F3N3O/c1-20-15(22-10-13-7-9-23-11-13)21-8-6-12-2-4-14(5-3-12)16(17,18)19/h2-5,13H,6-11H2,1H3,(H2,20,21,22). The van der Waals surface area contributed by atoms with Crippen molar-refractivity contribution in [2.75, 3.05) is 33.4 Å². The quantitative estimate of drug-likeness (QED) is 0.644. The Kier molecular flexibility index (Phi) is 6.27. The van der Waals surface area contributed by atoms with Crippen molar-refractivity contribution in [3.8, 4) is 0 Å². The highest BCUT2D eigenvalue weighted by atomic mass is 19.4. The predicted molar refractivity (Wildman–Crippen MR) is 83.4 cm³/mol. The van der Waals surface area contributed by atoms with E-state index >= 15 is 0 Å². The van der Waals surface area contributed by atoms with E-state index < -0.39 is 11.7 Å². The van der Waals surface area contributed by atoms with Crippen molar-refractivity contribution in [3.05, 3.63) is 35.4 Å². The van der Waals surface area contributed by atoms with Crippen LogP contribution in [0.15, 0.2) is 29.3 Å². The largest absolute Gasteiger partial charge is 0.416 e. The van der Waals surface area contributed by atoms with Crippen LogP contribution in [0.5, 0.6) is 0 Å². The molecule has 128 valence electrons. The number of hydrogen-bond acceptors (Lipinski definition) is 2. The summed E-state index contributed by atoms with van der Waals surface area (Å²) in [5.41, 5.74) is 0.232. The molecule has 1 fully saturated rings. The average molecular weight is 329 g/mol. The van der Waals surface area contributed by atoms with Gasteiger partial charge in [0, 0.05) is 32.7 Å². The molecule has 0 aliphatic carbocycles. The molecule has 1 unspecified atom stereocenters. The maximum absolute atomic E-state index is 12.5. The zero-order valence-corrected chi connectivity index (χ0v) is 13.1. The van der Waals surface area contributed by atoms with Crippen molar-refractivity contribution >= 4 is 5.96 Å². The van der Waals surface area contributed by atoms with E-state index in [1.165, 1.54) is 12.1 Å². The number of alkyl halides is 3. The lowest BCUT2D eigenvalue weighted by molar-refractivity contribution is -0.137. The van der Waals surface area contributed by atoms with E-state index in [1.807, 2.05) is 0 Å². The van der Waals surface area contributed by atoms with Crippen LogP contribution in [0.25, 0.3) is 0 Å². The summed E-state index contributed by atoms with van der Waals surface area (Å²) in [4.78, 5) is 4.13. The molecule has 1 aliphatic rings. The van der Waals surface area contributed by atoms with E-state index in [0.29, 0.717) is 24.8 Å². The number of nitrogens with one attached hydrogen (secondary N) is 2. The van der Waals surface area contributed by atoms with Crippen LogP contribution in [-0.4, -0.2) is 39.3 Å². The summed E-state index contributed by atoms with van der Waals surface area (Å²) in [7, 11) is 1.69. The summed E-state index contributed by atoms with van der Waals surface area (Å²) in [5.74, 6) is 1.20. The Morgan fingerprint density at radius 1 is 1.26 bits per heavy atom. The first-order valence-electron chi connectivity index (χ1n) is 7.67. The highest BCUT2D eigenvalue weighted by Crippen LogP contribution is 2.29. The molecule has 23 heavy (non-hydrogen) atoms. The summed E-state index contributed by atoms with van der Waals surface area (Å²) in [6.07, 6.45) is -2.60. The summed E-state index contributed by atoms with van der Waals surface area (Å²) >= 11 is 0. The van der Waals surface area contributed by atoms with Crippen molar-refractivity contribution in [2.45, 2.75) is 19.0 Å². The van der Waals surface area contributed by atoms with Crippen molar-refractivity contribution in [3.63, 3.8) is 0 Å². The summed E-state index contributed by atoms with van der Waals surface area (Å²) < 4.78 is 42.8. The lowest BCUT2D eigenvalue weighted by Crippen LogP contribution is -2.40. The topological polar surface area (TPSA) is 45.7 Å². The number of halogens is 3. The van der Waals surface area contributed by atoms with Gasteiger partial charge in [-0.3, -0.25) is 4.99 Å². The van der Waals surface area contributed by atoms with Gasteiger partial charge in [-0.05, 0) is 30.5 Å². The van der Waals surface area contributed by atoms with Crippen LogP contribution in [-0.2, 0) is 17.3 Å². The van der Waals surface area contributed by atoms with Crippen molar-refractivity contribution in [1.29, 1.82) is 0 Å². The molecule has 0 saturated carbocycles. The molecule has 4 nitrogen and oxygen atoms in total. The number of ether oxygens (including phenoxy) is 1. The van der Waals surface area contributed by atoms with Gasteiger partial charge < -0.3 is 15.4 Å². The van der Waals surface area contributed by atoms with Crippen LogP contribution in [0, 0.1) is 5.92 Å². The van der Waals surface area contributed by atoms with E-state index in [9.17, 15) is 13.2 Å². The minimum atomic E-state index is -4.29. The molecule has 0 bridgehead atoms. The third kappa shape index (κ3) is 5.74. The Balaban J connectivity index is 1.72. The molecular weight excluding hydrogens is 307 g/mol. The molecular formula is C16H22F3N3O. The Labute approximate surface area is 134 Å². The highest BCUT2D eigenvalue weighted by molar-refractivity contribution is 5.79. The van der Waals surface area contributed by atoms with Crippen LogP contribution in [0.2, 0.25) is 0 Å². The first-order chi connectivity index (χ1) is 11.0. The van der Waals surface area contributed by atoms with Crippen LogP contribution < -0.4 is 10.6 Å². The zero-order chi connectivity index (χ0) is 16.7.